The molecule has 0 N–H and O–H groups in total. The van der Waals surface area contributed by atoms with Crippen LogP contribution in [0.1, 0.15) is 34.9 Å². The van der Waals surface area contributed by atoms with Crippen molar-refractivity contribution >= 4 is 11.3 Å². The Morgan fingerprint density at radius 3 is 2.68 bits per heavy atom. The lowest BCUT2D eigenvalue weighted by molar-refractivity contribution is 0.170. The maximum Gasteiger partial charge on any atom is 0.161 e. The minimum Gasteiger partial charge on any atom is -0.486 e. The summed E-state index contributed by atoms with van der Waals surface area (Å²) in [4.78, 5) is 8.32. The summed E-state index contributed by atoms with van der Waals surface area (Å²) in [6.07, 6.45) is 4.36. The van der Waals surface area contributed by atoms with Crippen LogP contribution < -0.4 is 9.47 Å². The molecule has 1 aromatic heterocycles. The van der Waals surface area contributed by atoms with E-state index in [0.29, 0.717) is 19.3 Å². The van der Waals surface area contributed by atoms with Crippen LogP contribution >= 0.6 is 11.3 Å². The summed E-state index contributed by atoms with van der Waals surface area (Å²) in [6, 6.07) is 15.8. The van der Waals surface area contributed by atoms with Crippen LogP contribution in [0.5, 0.6) is 11.5 Å². The van der Waals surface area contributed by atoms with Crippen LogP contribution in [0.15, 0.2) is 48.7 Å². The van der Waals surface area contributed by atoms with E-state index in [2.05, 4.69) is 59.3 Å². The van der Waals surface area contributed by atoms with Crippen molar-refractivity contribution in [2.75, 3.05) is 19.8 Å². The molecule has 2 aliphatic rings. The van der Waals surface area contributed by atoms with Gasteiger partial charge in [-0.25, -0.2) is 4.98 Å². The molecule has 2 aromatic carbocycles. The molecule has 3 heterocycles. The zero-order valence-electron chi connectivity index (χ0n) is 16.1. The molecule has 1 atom stereocenters. The highest BCUT2D eigenvalue weighted by Gasteiger charge is 2.27. The van der Waals surface area contributed by atoms with Crippen LogP contribution in [0.2, 0.25) is 0 Å². The van der Waals surface area contributed by atoms with Gasteiger partial charge in [-0.2, -0.15) is 0 Å². The molecule has 5 rings (SSSR count). The first-order chi connectivity index (χ1) is 13.8. The van der Waals surface area contributed by atoms with Gasteiger partial charge < -0.3 is 9.47 Å². The maximum absolute atomic E-state index is 5.79. The number of nitrogens with zero attached hydrogens (tertiary/aromatic N) is 2. The average Bonchev–Trinajstić information content (AvgIpc) is 3.37. The van der Waals surface area contributed by atoms with Gasteiger partial charge >= 0.3 is 0 Å². The molecular formula is C23H24N2O2S. The van der Waals surface area contributed by atoms with Gasteiger partial charge in [0.15, 0.2) is 11.5 Å². The zero-order valence-corrected chi connectivity index (χ0v) is 16.9. The van der Waals surface area contributed by atoms with E-state index >= 15 is 0 Å². The van der Waals surface area contributed by atoms with E-state index < -0.39 is 0 Å². The van der Waals surface area contributed by atoms with Crippen LogP contribution in [0, 0.1) is 6.92 Å². The summed E-state index contributed by atoms with van der Waals surface area (Å²) in [6.45, 7) is 5.47. The average molecular weight is 393 g/mol. The molecule has 144 valence electrons. The van der Waals surface area contributed by atoms with Crippen LogP contribution in [0.25, 0.3) is 10.6 Å². The van der Waals surface area contributed by atoms with E-state index in [-0.39, 0.29) is 0 Å². The largest absolute Gasteiger partial charge is 0.486 e. The predicted molar refractivity (Wildman–Crippen MR) is 112 cm³/mol. The molecule has 0 radical (unpaired) electrons. The highest BCUT2D eigenvalue weighted by Crippen LogP contribution is 2.38. The molecule has 28 heavy (non-hydrogen) atoms. The lowest BCUT2D eigenvalue weighted by atomic mass is 10.0. The van der Waals surface area contributed by atoms with Crippen molar-refractivity contribution in [1.29, 1.82) is 0 Å². The van der Waals surface area contributed by atoms with Gasteiger partial charge in [-0.1, -0.05) is 30.3 Å². The third-order valence-electron chi connectivity index (χ3n) is 5.52. The SMILES string of the molecule is Cc1cnc(-c2ccc(CN3CCCC3c3ccc4c(c3)OCCO4)cc2)s1. The number of hydrogen-bond donors (Lipinski definition) is 0. The van der Waals surface area contributed by atoms with Crippen LogP contribution in [0.3, 0.4) is 0 Å². The van der Waals surface area contributed by atoms with E-state index in [1.54, 1.807) is 11.3 Å². The van der Waals surface area contributed by atoms with E-state index in [9.17, 15) is 0 Å². The second kappa shape index (κ2) is 7.57. The van der Waals surface area contributed by atoms with Crippen LogP contribution in [-0.4, -0.2) is 29.6 Å². The summed E-state index contributed by atoms with van der Waals surface area (Å²) >= 11 is 1.74. The molecule has 4 nitrogen and oxygen atoms in total. The predicted octanol–water partition coefficient (Wildman–Crippen LogP) is 5.23. The summed E-state index contributed by atoms with van der Waals surface area (Å²) in [7, 11) is 0. The summed E-state index contributed by atoms with van der Waals surface area (Å²) < 4.78 is 11.5. The third kappa shape index (κ3) is 3.52. The van der Waals surface area contributed by atoms with Crippen molar-refractivity contribution in [3.05, 3.63) is 64.7 Å². The van der Waals surface area contributed by atoms with Gasteiger partial charge in [0.25, 0.3) is 0 Å². The lowest BCUT2D eigenvalue weighted by Crippen LogP contribution is -2.23. The van der Waals surface area contributed by atoms with E-state index in [4.69, 9.17) is 9.47 Å². The lowest BCUT2D eigenvalue weighted by Gasteiger charge is -2.26. The second-order valence-corrected chi connectivity index (χ2v) is 8.74. The van der Waals surface area contributed by atoms with Gasteiger partial charge in [-0.15, -0.1) is 11.3 Å². The number of aryl methyl sites for hydroxylation is 1. The Morgan fingerprint density at radius 1 is 1.07 bits per heavy atom. The van der Waals surface area contributed by atoms with Crippen molar-refractivity contribution in [3.63, 3.8) is 0 Å². The first-order valence-electron chi connectivity index (χ1n) is 9.91. The quantitative estimate of drug-likeness (QED) is 0.609. The molecule has 0 amide bonds. The Hall–Kier alpha value is -2.37. The smallest absolute Gasteiger partial charge is 0.161 e. The van der Waals surface area contributed by atoms with E-state index in [0.717, 1.165) is 29.6 Å². The third-order valence-corrected chi connectivity index (χ3v) is 6.48. The number of ether oxygens (including phenoxy) is 2. The Bertz CT molecular complexity index is 967. The Labute approximate surface area is 169 Å². The summed E-state index contributed by atoms with van der Waals surface area (Å²) in [5, 5.41) is 1.10. The number of thiazole rings is 1. The highest BCUT2D eigenvalue weighted by atomic mass is 32.1. The molecule has 0 saturated carbocycles. The van der Waals surface area contributed by atoms with Crippen molar-refractivity contribution < 1.29 is 9.47 Å². The first kappa shape index (κ1) is 17.7. The number of fused-ring (bicyclic) bond motifs is 1. The number of benzene rings is 2. The maximum atomic E-state index is 5.79. The molecule has 1 unspecified atom stereocenters. The molecule has 5 heteroatoms. The Morgan fingerprint density at radius 2 is 1.89 bits per heavy atom. The molecule has 0 aliphatic carbocycles. The fourth-order valence-corrected chi connectivity index (χ4v) is 4.91. The monoisotopic (exact) mass is 392 g/mol. The fraction of sp³-hybridized carbons (Fsp3) is 0.348. The molecule has 3 aromatic rings. The first-order valence-corrected chi connectivity index (χ1v) is 10.7. The number of likely N-dealkylation sites (tertiary alicyclic amines) is 1. The van der Waals surface area contributed by atoms with E-state index in [1.807, 2.05) is 6.20 Å². The van der Waals surface area contributed by atoms with Crippen molar-refractivity contribution in [1.82, 2.24) is 9.88 Å². The summed E-state index contributed by atoms with van der Waals surface area (Å²) in [5.41, 5.74) is 3.88. The molecule has 2 aliphatic heterocycles. The van der Waals surface area contributed by atoms with Gasteiger partial charge in [-0.3, -0.25) is 4.90 Å². The molecule has 1 saturated heterocycles. The zero-order chi connectivity index (χ0) is 18.9. The van der Waals surface area contributed by atoms with Gasteiger partial charge in [0.1, 0.15) is 18.2 Å². The normalized spacial score (nSPS) is 19.1. The summed E-state index contributed by atoms with van der Waals surface area (Å²) in [5.74, 6) is 1.76. The topological polar surface area (TPSA) is 34.6 Å². The fourth-order valence-electron chi connectivity index (χ4n) is 4.14. The molecular weight excluding hydrogens is 368 g/mol. The van der Waals surface area contributed by atoms with Crippen LogP contribution in [-0.2, 0) is 6.54 Å². The molecule has 1 fully saturated rings. The van der Waals surface area contributed by atoms with Gasteiger partial charge in [0.05, 0.1) is 0 Å². The molecule has 0 spiro atoms. The van der Waals surface area contributed by atoms with Crippen molar-refractivity contribution in [2.24, 2.45) is 0 Å². The molecule has 0 bridgehead atoms. The second-order valence-electron chi connectivity index (χ2n) is 7.50. The minimum absolute atomic E-state index is 0.442. The number of aromatic nitrogens is 1. The standard InChI is InChI=1S/C23H24N2O2S/c1-16-14-24-23(28-16)18-6-4-17(5-7-18)15-25-10-2-3-20(25)19-8-9-21-22(13-19)27-12-11-26-21/h4-9,13-14,20H,2-3,10-12,15H2,1H3. The van der Waals surface area contributed by atoms with Gasteiger partial charge in [0.2, 0.25) is 0 Å². The van der Waals surface area contributed by atoms with Gasteiger partial charge in [0, 0.05) is 29.2 Å². The Kier molecular flexibility index (Phi) is 4.79. The number of rotatable bonds is 4. The van der Waals surface area contributed by atoms with Crippen molar-refractivity contribution in [3.8, 4) is 22.1 Å². The van der Waals surface area contributed by atoms with Crippen LogP contribution in [0.4, 0.5) is 0 Å². The van der Waals surface area contributed by atoms with E-state index in [1.165, 1.54) is 34.4 Å². The van der Waals surface area contributed by atoms with Crippen molar-refractivity contribution in [2.45, 2.75) is 32.4 Å². The Balaban J connectivity index is 1.32. The highest BCUT2D eigenvalue weighted by molar-refractivity contribution is 7.14. The van der Waals surface area contributed by atoms with Gasteiger partial charge in [-0.05, 0) is 49.6 Å². The number of hydrogen-bond acceptors (Lipinski definition) is 5. The minimum atomic E-state index is 0.442.